The molecule has 1 saturated heterocycles. The predicted octanol–water partition coefficient (Wildman–Crippen LogP) is 3.65. The molecular weight excluding hydrogens is 525 g/mol. The molecule has 1 aliphatic heterocycles. The van der Waals surface area contributed by atoms with Gasteiger partial charge >= 0.3 is 17.6 Å². The maximum absolute atomic E-state index is 14.7. The van der Waals surface area contributed by atoms with Gasteiger partial charge in [0, 0.05) is 24.9 Å². The van der Waals surface area contributed by atoms with Gasteiger partial charge in [-0.05, 0) is 55.7 Å². The van der Waals surface area contributed by atoms with Crippen molar-refractivity contribution in [2.45, 2.75) is 58.2 Å². The van der Waals surface area contributed by atoms with Crippen molar-refractivity contribution < 1.29 is 41.7 Å². The maximum atomic E-state index is 14.7. The number of alkyl halides is 2. The van der Waals surface area contributed by atoms with Crippen LogP contribution in [-0.4, -0.2) is 58.7 Å². The first-order chi connectivity index (χ1) is 17.7. The molecule has 0 radical (unpaired) electrons. The summed E-state index contributed by atoms with van der Waals surface area (Å²) in [5, 5.41) is 10.9. The van der Waals surface area contributed by atoms with Crippen LogP contribution in [0.2, 0.25) is 0 Å². The Morgan fingerprint density at radius 3 is 2.61 bits per heavy atom. The zero-order valence-corrected chi connectivity index (χ0v) is 22.5. The van der Waals surface area contributed by atoms with Crippen LogP contribution in [0.3, 0.4) is 0 Å². The second kappa shape index (κ2) is 10.3. The molecule has 3 heterocycles. The molecule has 206 valence electrons. The van der Waals surface area contributed by atoms with Crippen molar-refractivity contribution in [2.75, 3.05) is 19.9 Å². The zero-order chi connectivity index (χ0) is 28.0. The summed E-state index contributed by atoms with van der Waals surface area (Å²) in [5.41, 5.74) is 2.84. The first-order valence-electron chi connectivity index (χ1n) is 11.8. The van der Waals surface area contributed by atoms with E-state index in [2.05, 4.69) is 4.98 Å². The average molecular weight is 554 g/mol. The van der Waals surface area contributed by atoms with Crippen LogP contribution in [0.5, 0.6) is 0 Å². The highest BCUT2D eigenvalue weighted by molar-refractivity contribution is 7.57. The number of ether oxygens (including phenoxy) is 2. The lowest BCUT2D eigenvalue weighted by Gasteiger charge is -2.21. The zero-order valence-electron chi connectivity index (χ0n) is 21.6. The molecule has 10 nitrogen and oxygen atoms in total. The third-order valence-electron chi connectivity index (χ3n) is 6.45. The van der Waals surface area contributed by atoms with Gasteiger partial charge in [-0.3, -0.25) is 13.9 Å². The number of aliphatic hydroxyl groups is 1. The summed E-state index contributed by atoms with van der Waals surface area (Å²) in [6.45, 7) is 7.86. The normalized spacial score (nSPS) is 21.2. The molecule has 1 aliphatic rings. The molecule has 1 N–H and O–H groups in total. The van der Waals surface area contributed by atoms with Gasteiger partial charge in [0.25, 0.3) is 0 Å². The summed E-state index contributed by atoms with van der Waals surface area (Å²) in [4.78, 5) is 28.5. The largest absolute Gasteiger partial charge is 0.457 e. The molecule has 1 aromatic carbocycles. The van der Waals surface area contributed by atoms with Crippen molar-refractivity contribution >= 4 is 24.3 Å². The van der Waals surface area contributed by atoms with Crippen molar-refractivity contribution in [1.29, 1.82) is 0 Å². The molecule has 0 saturated carbocycles. The van der Waals surface area contributed by atoms with Crippen LogP contribution in [0, 0.1) is 20.8 Å². The maximum Gasteiger partial charge on any atom is 0.350 e. The first kappa shape index (κ1) is 28.1. The molecule has 2 aromatic heterocycles. The smallest absolute Gasteiger partial charge is 0.350 e. The van der Waals surface area contributed by atoms with Gasteiger partial charge < -0.3 is 23.5 Å². The van der Waals surface area contributed by atoms with E-state index in [1.165, 1.54) is 19.4 Å². The van der Waals surface area contributed by atoms with Crippen molar-refractivity contribution in [3.63, 3.8) is 0 Å². The molecule has 13 heteroatoms. The number of carbonyl (C=O) groups is 1. The minimum Gasteiger partial charge on any atom is -0.457 e. The van der Waals surface area contributed by atoms with Crippen LogP contribution < -0.4 is 5.69 Å². The number of furan rings is 1. The Morgan fingerprint density at radius 2 is 1.95 bits per heavy atom. The van der Waals surface area contributed by atoms with Crippen molar-refractivity contribution in [3.05, 3.63) is 63.0 Å². The average Bonchev–Trinajstić information content (AvgIpc) is 3.33. The number of carbonyl (C=O) groups excluding carboxylic acids is 1. The van der Waals surface area contributed by atoms with Crippen LogP contribution >= 0.6 is 7.37 Å². The van der Waals surface area contributed by atoms with Crippen LogP contribution in [-0.2, 0) is 36.4 Å². The number of benzene rings is 1. The van der Waals surface area contributed by atoms with Crippen LogP contribution in [0.1, 0.15) is 34.4 Å². The molecule has 0 aliphatic carbocycles. The Kier molecular flexibility index (Phi) is 7.64. The van der Waals surface area contributed by atoms with Gasteiger partial charge in [-0.2, -0.15) is 13.8 Å². The van der Waals surface area contributed by atoms with Crippen molar-refractivity contribution in [2.24, 2.45) is 0 Å². The van der Waals surface area contributed by atoms with Gasteiger partial charge in [-0.1, -0.05) is 0 Å². The molecule has 0 unspecified atom stereocenters. The van der Waals surface area contributed by atoms with Gasteiger partial charge in [0.2, 0.25) is 6.23 Å². The summed E-state index contributed by atoms with van der Waals surface area (Å²) in [6, 6.07) is 4.99. The van der Waals surface area contributed by atoms with E-state index in [0.29, 0.717) is 15.9 Å². The Hall–Kier alpha value is -2.92. The molecule has 3 aromatic rings. The highest BCUT2D eigenvalue weighted by Gasteiger charge is 2.59. The fourth-order valence-electron chi connectivity index (χ4n) is 4.17. The second-order valence-electron chi connectivity index (χ2n) is 9.71. The fraction of sp³-hybridized carbons (Fsp3) is 0.480. The third kappa shape index (κ3) is 5.73. The molecule has 0 amide bonds. The van der Waals surface area contributed by atoms with Gasteiger partial charge in [-0.15, -0.1) is 0 Å². The molecule has 38 heavy (non-hydrogen) atoms. The Morgan fingerprint density at radius 1 is 1.24 bits per heavy atom. The standard InChI is InChI=1S/C25H29F2N2O8P/c1-13-8-16-9-18(36-21(16)15(3)14(13)2)11-34-20(30)10-17-6-7-29(24(32)28-17)23-25(26,27)22(31)19(37-23)12-35-38(4,5)33/h6-9,19,22-23,31H,10-12H2,1-5H3/t19-,22-,23-/m1/s1. The lowest BCUT2D eigenvalue weighted by molar-refractivity contribution is -0.144. The molecule has 0 spiro atoms. The van der Waals surface area contributed by atoms with E-state index in [9.17, 15) is 28.0 Å². The van der Waals surface area contributed by atoms with Crippen molar-refractivity contribution in [3.8, 4) is 0 Å². The summed E-state index contributed by atoms with van der Waals surface area (Å²) < 4.78 is 62.9. The number of aliphatic hydroxyl groups excluding tert-OH is 1. The van der Waals surface area contributed by atoms with E-state index >= 15 is 0 Å². The summed E-state index contributed by atoms with van der Waals surface area (Å²) >= 11 is 0. The number of hydrogen-bond donors (Lipinski definition) is 1. The Balaban J connectivity index is 1.41. The first-order valence-corrected chi connectivity index (χ1v) is 14.3. The van der Waals surface area contributed by atoms with E-state index in [1.54, 1.807) is 6.07 Å². The van der Waals surface area contributed by atoms with E-state index in [0.717, 1.165) is 28.3 Å². The number of aromatic nitrogens is 2. The molecular formula is C25H29F2N2O8P. The van der Waals surface area contributed by atoms with Gasteiger partial charge in [0.05, 0.1) is 18.7 Å². The van der Waals surface area contributed by atoms with Gasteiger partial charge in [-0.25, -0.2) is 4.79 Å². The Labute approximate surface area is 217 Å². The number of aryl methyl sites for hydroxylation is 2. The number of halogens is 2. The molecule has 3 atom stereocenters. The van der Waals surface area contributed by atoms with Crippen molar-refractivity contribution in [1.82, 2.24) is 9.55 Å². The SMILES string of the molecule is Cc1cc2cc(COC(=O)Cc3ccn([C@@H]4O[C@H](COP(C)(C)=O)[C@@H](O)C4(F)F)c(=O)n3)oc2c(C)c1C. The van der Waals surface area contributed by atoms with E-state index in [4.69, 9.17) is 18.4 Å². The third-order valence-corrected chi connectivity index (χ3v) is 7.22. The number of hydrogen-bond acceptors (Lipinski definition) is 9. The van der Waals surface area contributed by atoms with Crippen LogP contribution in [0.15, 0.2) is 33.6 Å². The highest BCUT2D eigenvalue weighted by atomic mass is 31.2. The summed E-state index contributed by atoms with van der Waals surface area (Å²) in [5.74, 6) is -4.10. The second-order valence-corrected chi connectivity index (χ2v) is 12.5. The lowest BCUT2D eigenvalue weighted by atomic mass is 10.0. The molecule has 0 bridgehead atoms. The lowest BCUT2D eigenvalue weighted by Crippen LogP contribution is -2.42. The Bertz CT molecular complexity index is 1480. The summed E-state index contributed by atoms with van der Waals surface area (Å²) in [7, 11) is -3.01. The fourth-order valence-corrected chi connectivity index (χ4v) is 4.68. The van der Waals surface area contributed by atoms with Gasteiger partial charge in [0.15, 0.2) is 13.5 Å². The quantitative estimate of drug-likeness (QED) is 0.328. The van der Waals surface area contributed by atoms with E-state index < -0.39 is 50.0 Å². The van der Waals surface area contributed by atoms with Crippen LogP contribution in [0.25, 0.3) is 11.0 Å². The number of nitrogens with zero attached hydrogens (tertiary/aromatic N) is 2. The van der Waals surface area contributed by atoms with Gasteiger partial charge in [0.1, 0.15) is 24.1 Å². The highest BCUT2D eigenvalue weighted by Crippen LogP contribution is 2.44. The minimum absolute atomic E-state index is 0.00241. The van der Waals surface area contributed by atoms with Crippen LogP contribution in [0.4, 0.5) is 8.78 Å². The molecule has 1 fully saturated rings. The molecule has 4 rings (SSSR count). The topological polar surface area (TPSA) is 130 Å². The number of rotatable bonds is 8. The van der Waals surface area contributed by atoms with E-state index in [1.807, 2.05) is 26.8 Å². The number of fused-ring (bicyclic) bond motifs is 1. The predicted molar refractivity (Wildman–Crippen MR) is 133 cm³/mol. The summed E-state index contributed by atoms with van der Waals surface area (Å²) in [6.07, 6.45) is -5.35. The van der Waals surface area contributed by atoms with E-state index in [-0.39, 0.29) is 18.7 Å². The number of esters is 1. The minimum atomic E-state index is -3.85. The monoisotopic (exact) mass is 554 g/mol.